The highest BCUT2D eigenvalue weighted by Crippen LogP contribution is 2.15. The summed E-state index contributed by atoms with van der Waals surface area (Å²) >= 11 is 0. The Morgan fingerprint density at radius 3 is 1.38 bits per heavy atom. The maximum Gasteiger partial charge on any atom is 0.00591 e. The molecule has 0 aliphatic heterocycles. The van der Waals surface area contributed by atoms with E-state index in [-0.39, 0.29) is 17.8 Å². The molecule has 0 heterocycles. The molecule has 2 heteroatoms. The van der Waals surface area contributed by atoms with Crippen LogP contribution in [0.5, 0.6) is 0 Å². The first-order chi connectivity index (χ1) is 2.94. The quantitative estimate of drug-likeness (QED) is 0.542. The van der Waals surface area contributed by atoms with Gasteiger partial charge in [-0.15, -0.1) is 12.4 Å². The van der Waals surface area contributed by atoms with Crippen LogP contribution in [-0.2, 0) is 0 Å². The Bertz CT molecular complexity index is 54.0. The van der Waals surface area contributed by atoms with E-state index in [2.05, 4.69) is 20.8 Å². The summed E-state index contributed by atoms with van der Waals surface area (Å²) < 4.78 is 0. The molecule has 0 unspecified atom stereocenters. The molecular formula is C6H16ClN. The van der Waals surface area contributed by atoms with Crippen LogP contribution in [0, 0.1) is 5.41 Å². The monoisotopic (exact) mass is 137 g/mol. The lowest BCUT2D eigenvalue weighted by Crippen LogP contribution is -2.31. The van der Waals surface area contributed by atoms with E-state index in [0.29, 0.717) is 6.04 Å². The molecule has 1 atom stereocenters. The van der Waals surface area contributed by atoms with Gasteiger partial charge < -0.3 is 5.73 Å². The van der Waals surface area contributed by atoms with E-state index in [1.165, 1.54) is 0 Å². The van der Waals surface area contributed by atoms with Crippen molar-refractivity contribution >= 4 is 12.4 Å². The second-order valence-corrected chi connectivity index (χ2v) is 3.15. The van der Waals surface area contributed by atoms with Crippen molar-refractivity contribution in [3.63, 3.8) is 0 Å². The smallest absolute Gasteiger partial charge is 0.00591 e. The zero-order valence-corrected chi connectivity index (χ0v) is 6.88. The molecule has 0 saturated heterocycles. The van der Waals surface area contributed by atoms with Crippen molar-refractivity contribution in [2.75, 3.05) is 0 Å². The number of rotatable bonds is 0. The maximum absolute atomic E-state index is 5.57. The van der Waals surface area contributed by atoms with Crippen molar-refractivity contribution in [2.45, 2.75) is 33.7 Å². The molecule has 0 fully saturated rings. The second kappa shape index (κ2) is 3.31. The standard InChI is InChI=1S/C6H15N.ClH/c1-5(7)6(2,3)4;/h5H,7H2,1-4H3;1H/t5-;/m1./s1. The molecule has 0 rings (SSSR count). The average molecular weight is 138 g/mol. The fourth-order valence-corrected chi connectivity index (χ4v) is 0. The van der Waals surface area contributed by atoms with Crippen molar-refractivity contribution < 1.29 is 0 Å². The predicted molar refractivity (Wildman–Crippen MR) is 40.4 cm³/mol. The topological polar surface area (TPSA) is 26.0 Å². The highest BCUT2D eigenvalue weighted by Gasteiger charge is 2.14. The molecule has 0 spiro atoms. The summed E-state index contributed by atoms with van der Waals surface area (Å²) in [5.74, 6) is 0. The van der Waals surface area contributed by atoms with E-state index >= 15 is 0 Å². The summed E-state index contributed by atoms with van der Waals surface area (Å²) in [6.45, 7) is 8.44. The van der Waals surface area contributed by atoms with E-state index in [9.17, 15) is 0 Å². The van der Waals surface area contributed by atoms with Crippen LogP contribution in [0.2, 0.25) is 0 Å². The van der Waals surface area contributed by atoms with Gasteiger partial charge in [0.15, 0.2) is 0 Å². The van der Waals surface area contributed by atoms with Crippen molar-refractivity contribution in [1.82, 2.24) is 0 Å². The molecule has 0 aromatic carbocycles. The summed E-state index contributed by atoms with van der Waals surface area (Å²) in [4.78, 5) is 0. The van der Waals surface area contributed by atoms with Gasteiger partial charge in [-0.3, -0.25) is 0 Å². The fraction of sp³-hybridized carbons (Fsp3) is 1.00. The van der Waals surface area contributed by atoms with Crippen LogP contribution in [0.15, 0.2) is 0 Å². The normalized spacial score (nSPS) is 14.6. The number of nitrogens with two attached hydrogens (primary N) is 1. The van der Waals surface area contributed by atoms with E-state index in [0.717, 1.165) is 0 Å². The highest BCUT2D eigenvalue weighted by atomic mass is 35.5. The lowest BCUT2D eigenvalue weighted by molar-refractivity contribution is 0.340. The van der Waals surface area contributed by atoms with E-state index in [1.54, 1.807) is 0 Å². The Kier molecular flexibility index (Phi) is 4.59. The van der Waals surface area contributed by atoms with Gasteiger partial charge in [0.2, 0.25) is 0 Å². The van der Waals surface area contributed by atoms with Crippen LogP contribution >= 0.6 is 12.4 Å². The molecule has 8 heavy (non-hydrogen) atoms. The van der Waals surface area contributed by atoms with Crippen molar-refractivity contribution in [3.8, 4) is 0 Å². The summed E-state index contributed by atoms with van der Waals surface area (Å²) in [7, 11) is 0. The van der Waals surface area contributed by atoms with Crippen molar-refractivity contribution in [3.05, 3.63) is 0 Å². The first kappa shape index (κ1) is 11.1. The van der Waals surface area contributed by atoms with Crippen LogP contribution in [0.1, 0.15) is 27.7 Å². The molecule has 0 amide bonds. The van der Waals surface area contributed by atoms with Gasteiger partial charge in [0, 0.05) is 6.04 Å². The van der Waals surface area contributed by atoms with Gasteiger partial charge in [-0.1, -0.05) is 20.8 Å². The molecule has 0 saturated carbocycles. The summed E-state index contributed by atoms with van der Waals surface area (Å²) in [5.41, 5.74) is 5.85. The van der Waals surface area contributed by atoms with Gasteiger partial charge in [0.05, 0.1) is 0 Å². The molecular weight excluding hydrogens is 122 g/mol. The molecule has 0 aromatic heterocycles. The van der Waals surface area contributed by atoms with Crippen molar-refractivity contribution in [2.24, 2.45) is 11.1 Å². The van der Waals surface area contributed by atoms with Crippen LogP contribution < -0.4 is 5.73 Å². The number of hydrogen-bond donors (Lipinski definition) is 1. The SMILES string of the molecule is C[C@@H](N)C(C)(C)C.Cl. The third-order valence-electron chi connectivity index (χ3n) is 1.37. The Balaban J connectivity index is 0. The van der Waals surface area contributed by atoms with Crippen LogP contribution in [0.4, 0.5) is 0 Å². The van der Waals surface area contributed by atoms with Crippen molar-refractivity contribution in [1.29, 1.82) is 0 Å². The van der Waals surface area contributed by atoms with Gasteiger partial charge in [-0.05, 0) is 12.3 Å². The van der Waals surface area contributed by atoms with Gasteiger partial charge in [0.25, 0.3) is 0 Å². The number of halogens is 1. The second-order valence-electron chi connectivity index (χ2n) is 3.15. The fourth-order valence-electron chi connectivity index (χ4n) is 0. The molecule has 0 aliphatic rings. The molecule has 0 bridgehead atoms. The first-order valence-electron chi connectivity index (χ1n) is 2.70. The summed E-state index contributed by atoms with van der Waals surface area (Å²) in [6.07, 6.45) is 0. The van der Waals surface area contributed by atoms with E-state index in [4.69, 9.17) is 5.73 Å². The largest absolute Gasteiger partial charge is 0.327 e. The third kappa shape index (κ3) is 4.41. The summed E-state index contributed by atoms with van der Waals surface area (Å²) in [5, 5.41) is 0. The lowest BCUT2D eigenvalue weighted by Gasteiger charge is -2.22. The zero-order chi connectivity index (χ0) is 6.08. The van der Waals surface area contributed by atoms with Gasteiger partial charge in [-0.2, -0.15) is 0 Å². The Morgan fingerprint density at radius 2 is 1.38 bits per heavy atom. The van der Waals surface area contributed by atoms with Crippen LogP contribution in [-0.4, -0.2) is 6.04 Å². The number of hydrogen-bond acceptors (Lipinski definition) is 1. The minimum absolute atomic E-state index is 0. The minimum Gasteiger partial charge on any atom is -0.327 e. The predicted octanol–water partition coefficient (Wildman–Crippen LogP) is 1.80. The first-order valence-corrected chi connectivity index (χ1v) is 2.70. The maximum atomic E-state index is 5.57. The average Bonchev–Trinajstić information content (AvgIpc) is 1.31. The molecule has 52 valence electrons. The molecule has 0 aliphatic carbocycles. The zero-order valence-electron chi connectivity index (χ0n) is 6.06. The third-order valence-corrected chi connectivity index (χ3v) is 1.37. The highest BCUT2D eigenvalue weighted by molar-refractivity contribution is 5.85. The Labute approximate surface area is 58.1 Å². The van der Waals surface area contributed by atoms with E-state index < -0.39 is 0 Å². The van der Waals surface area contributed by atoms with Crippen LogP contribution in [0.3, 0.4) is 0 Å². The minimum atomic E-state index is 0. The summed E-state index contributed by atoms with van der Waals surface area (Å²) in [6, 6.07) is 0.299. The van der Waals surface area contributed by atoms with Gasteiger partial charge in [0.1, 0.15) is 0 Å². The Hall–Kier alpha value is 0.250. The molecule has 2 N–H and O–H groups in total. The van der Waals surface area contributed by atoms with Gasteiger partial charge in [-0.25, -0.2) is 0 Å². The van der Waals surface area contributed by atoms with E-state index in [1.807, 2.05) is 6.92 Å². The molecule has 1 nitrogen and oxygen atoms in total. The van der Waals surface area contributed by atoms with Crippen LogP contribution in [0.25, 0.3) is 0 Å². The molecule has 0 aromatic rings. The van der Waals surface area contributed by atoms with Gasteiger partial charge >= 0.3 is 0 Å². The Morgan fingerprint density at radius 1 is 1.25 bits per heavy atom. The molecule has 0 radical (unpaired) electrons. The lowest BCUT2D eigenvalue weighted by atomic mass is 9.89.